The summed E-state index contributed by atoms with van der Waals surface area (Å²) < 4.78 is 15.6. The van der Waals surface area contributed by atoms with Gasteiger partial charge in [0.15, 0.2) is 5.65 Å². The Kier molecular flexibility index (Phi) is 6.93. The van der Waals surface area contributed by atoms with Gasteiger partial charge in [-0.1, -0.05) is 12.1 Å². The Morgan fingerprint density at radius 1 is 0.952 bits per heavy atom. The highest BCUT2D eigenvalue weighted by Crippen LogP contribution is 2.31. The molecule has 0 radical (unpaired) electrons. The lowest BCUT2D eigenvalue weighted by Gasteiger charge is -2.11. The second-order valence-electron chi connectivity index (χ2n) is 8.79. The van der Waals surface area contributed by atoms with Crippen molar-refractivity contribution in [2.24, 2.45) is 5.10 Å². The molecule has 0 fully saturated rings. The molecule has 42 heavy (non-hydrogen) atoms. The van der Waals surface area contributed by atoms with Crippen molar-refractivity contribution >= 4 is 39.5 Å². The fourth-order valence-corrected chi connectivity index (χ4v) is 4.21. The fourth-order valence-electron chi connectivity index (χ4n) is 4.21. The number of aryl methyl sites for hydroxylation is 1. The van der Waals surface area contributed by atoms with Gasteiger partial charge in [-0.25, -0.2) is 14.1 Å². The minimum Gasteiger partial charge on any atom is -0.507 e. The standard InChI is InChI=1S/C26H17FN8O7/c1-14-18-10-15(13-28-26(18)32(31-14)21-4-2-3-5-22(21)34(39)40)25(19-11-16(27)6-9-24(19)36)30-29-20-8-7-17(33(37)38)12-23(20)35(41)42/h2-13,29,36H,1H3/b30-25-. The second kappa shape index (κ2) is 10.7. The van der Waals surface area contributed by atoms with Crippen molar-refractivity contribution < 1.29 is 24.3 Å². The van der Waals surface area contributed by atoms with Crippen LogP contribution in [0.1, 0.15) is 16.8 Å². The summed E-state index contributed by atoms with van der Waals surface area (Å²) in [5.74, 6) is -1.09. The predicted molar refractivity (Wildman–Crippen MR) is 147 cm³/mol. The van der Waals surface area contributed by atoms with Gasteiger partial charge in [0.05, 0.1) is 26.5 Å². The van der Waals surface area contributed by atoms with Gasteiger partial charge < -0.3 is 5.11 Å². The zero-order valence-corrected chi connectivity index (χ0v) is 21.3. The first-order valence-electron chi connectivity index (χ1n) is 11.9. The zero-order valence-electron chi connectivity index (χ0n) is 21.3. The third-order valence-electron chi connectivity index (χ3n) is 6.18. The average molecular weight is 572 g/mol. The molecule has 0 unspecified atom stereocenters. The van der Waals surface area contributed by atoms with Crippen LogP contribution >= 0.6 is 0 Å². The van der Waals surface area contributed by atoms with Crippen LogP contribution in [0.15, 0.2) is 78.0 Å². The molecule has 0 aliphatic rings. The van der Waals surface area contributed by atoms with Crippen molar-refractivity contribution in [3.05, 3.63) is 126 Å². The van der Waals surface area contributed by atoms with Crippen molar-refractivity contribution in [3.63, 3.8) is 0 Å². The van der Waals surface area contributed by atoms with E-state index in [0.717, 1.165) is 36.4 Å². The van der Waals surface area contributed by atoms with Crippen LogP contribution < -0.4 is 5.43 Å². The number of anilines is 1. The molecule has 3 aromatic carbocycles. The number of halogens is 1. The molecular weight excluding hydrogens is 555 g/mol. The Labute approximate surface area is 233 Å². The fraction of sp³-hybridized carbons (Fsp3) is 0.0385. The van der Waals surface area contributed by atoms with Crippen molar-refractivity contribution in [3.8, 4) is 11.4 Å². The van der Waals surface area contributed by atoms with Gasteiger partial charge in [-0.3, -0.25) is 35.8 Å². The molecule has 2 aromatic heterocycles. The van der Waals surface area contributed by atoms with E-state index in [9.17, 15) is 39.8 Å². The molecule has 210 valence electrons. The normalized spacial score (nSPS) is 11.4. The Hall–Kier alpha value is -6.32. The number of pyridine rings is 1. The van der Waals surface area contributed by atoms with Crippen LogP contribution in [0.4, 0.5) is 27.1 Å². The molecule has 15 nitrogen and oxygen atoms in total. The molecule has 0 aliphatic heterocycles. The van der Waals surface area contributed by atoms with Gasteiger partial charge in [-0.15, -0.1) is 0 Å². The first kappa shape index (κ1) is 27.3. The number of aromatic hydroxyl groups is 1. The lowest BCUT2D eigenvalue weighted by Crippen LogP contribution is -2.09. The number of aromatic nitrogens is 3. The van der Waals surface area contributed by atoms with Crippen LogP contribution in [0.5, 0.6) is 5.75 Å². The molecule has 2 N–H and O–H groups in total. The summed E-state index contributed by atoms with van der Waals surface area (Å²) in [6.07, 6.45) is 1.31. The van der Waals surface area contributed by atoms with E-state index in [4.69, 9.17) is 0 Å². The predicted octanol–water partition coefficient (Wildman–Crippen LogP) is 5.16. The van der Waals surface area contributed by atoms with E-state index in [2.05, 4.69) is 20.6 Å². The van der Waals surface area contributed by atoms with Gasteiger partial charge in [0.25, 0.3) is 11.4 Å². The number of nitrogens with one attached hydrogen (secondary N) is 1. The number of hydrogen-bond acceptors (Lipinski definition) is 11. The van der Waals surface area contributed by atoms with Gasteiger partial charge in [0, 0.05) is 34.8 Å². The summed E-state index contributed by atoms with van der Waals surface area (Å²) in [6.45, 7) is 1.65. The smallest absolute Gasteiger partial charge is 0.301 e. The largest absolute Gasteiger partial charge is 0.507 e. The highest BCUT2D eigenvalue weighted by Gasteiger charge is 2.23. The monoisotopic (exact) mass is 572 g/mol. The Bertz CT molecular complexity index is 1960. The van der Waals surface area contributed by atoms with Crippen LogP contribution in [-0.4, -0.2) is 40.4 Å². The van der Waals surface area contributed by atoms with Gasteiger partial charge in [-0.05, 0) is 43.3 Å². The third kappa shape index (κ3) is 5.02. The molecule has 0 saturated heterocycles. The van der Waals surface area contributed by atoms with Crippen molar-refractivity contribution in [1.82, 2.24) is 14.8 Å². The van der Waals surface area contributed by atoms with Crippen molar-refractivity contribution in [2.45, 2.75) is 6.92 Å². The number of phenolic OH excluding ortho intramolecular Hbond substituents is 1. The molecule has 0 spiro atoms. The molecule has 0 aliphatic carbocycles. The SMILES string of the molecule is Cc1nn(-c2ccccc2[N+](=O)[O-])c2ncc(/C(=N/Nc3ccc([N+](=O)[O-])cc3[N+](=O)[O-])c3cc(F)ccc3O)cc12. The zero-order chi connectivity index (χ0) is 30.1. The number of hydrazone groups is 1. The number of nitro benzene ring substituents is 3. The Balaban J connectivity index is 1.67. The topological polar surface area (TPSA) is 205 Å². The van der Waals surface area contributed by atoms with E-state index in [0.29, 0.717) is 11.1 Å². The summed E-state index contributed by atoms with van der Waals surface area (Å²) >= 11 is 0. The van der Waals surface area contributed by atoms with Crippen LogP contribution in [0.25, 0.3) is 16.7 Å². The van der Waals surface area contributed by atoms with Crippen LogP contribution in [0.3, 0.4) is 0 Å². The van der Waals surface area contributed by atoms with Crippen LogP contribution in [-0.2, 0) is 0 Å². The van der Waals surface area contributed by atoms with E-state index < -0.39 is 32.0 Å². The number of hydrogen-bond donors (Lipinski definition) is 2. The van der Waals surface area contributed by atoms with Crippen LogP contribution in [0.2, 0.25) is 0 Å². The summed E-state index contributed by atoms with van der Waals surface area (Å²) in [5, 5.41) is 53.9. The Morgan fingerprint density at radius 3 is 2.40 bits per heavy atom. The summed E-state index contributed by atoms with van der Waals surface area (Å²) in [4.78, 5) is 36.5. The van der Waals surface area contributed by atoms with E-state index >= 15 is 0 Å². The van der Waals surface area contributed by atoms with E-state index in [1.165, 1.54) is 29.1 Å². The molecule has 5 aromatic rings. The number of fused-ring (bicyclic) bond motifs is 1. The molecule has 2 heterocycles. The molecular formula is C26H17FN8O7. The maximum atomic E-state index is 14.3. The lowest BCUT2D eigenvalue weighted by molar-refractivity contribution is -0.393. The summed E-state index contributed by atoms with van der Waals surface area (Å²) in [5.41, 5.74) is 1.79. The van der Waals surface area contributed by atoms with Gasteiger partial charge >= 0.3 is 5.69 Å². The first-order valence-corrected chi connectivity index (χ1v) is 11.9. The molecule has 16 heteroatoms. The van der Waals surface area contributed by atoms with Crippen LogP contribution in [0, 0.1) is 43.1 Å². The number of phenols is 1. The maximum absolute atomic E-state index is 14.3. The quantitative estimate of drug-likeness (QED) is 0.142. The van der Waals surface area contributed by atoms with Crippen molar-refractivity contribution in [1.29, 1.82) is 0 Å². The maximum Gasteiger partial charge on any atom is 0.301 e. The average Bonchev–Trinajstić information content (AvgIpc) is 3.30. The Morgan fingerprint density at radius 2 is 1.69 bits per heavy atom. The van der Waals surface area contributed by atoms with E-state index in [-0.39, 0.29) is 45.3 Å². The lowest BCUT2D eigenvalue weighted by atomic mass is 10.0. The number of benzene rings is 3. The first-order chi connectivity index (χ1) is 20.0. The highest BCUT2D eigenvalue weighted by atomic mass is 19.1. The second-order valence-corrected chi connectivity index (χ2v) is 8.79. The summed E-state index contributed by atoms with van der Waals surface area (Å²) in [7, 11) is 0. The minimum atomic E-state index is -0.835. The van der Waals surface area contributed by atoms with Crippen molar-refractivity contribution in [2.75, 3.05) is 5.43 Å². The number of rotatable bonds is 8. The molecule has 5 rings (SSSR count). The van der Waals surface area contributed by atoms with Gasteiger partial charge in [0.1, 0.15) is 28.7 Å². The molecule has 0 saturated carbocycles. The number of nitrogens with zero attached hydrogens (tertiary/aromatic N) is 7. The minimum absolute atomic E-state index is 0.0908. The van der Waals surface area contributed by atoms with E-state index in [1.54, 1.807) is 19.1 Å². The van der Waals surface area contributed by atoms with Gasteiger partial charge in [-0.2, -0.15) is 10.2 Å². The number of nitro groups is 3. The number of para-hydroxylation sites is 2. The summed E-state index contributed by atoms with van der Waals surface area (Å²) in [6, 6.07) is 13.5. The highest BCUT2D eigenvalue weighted by molar-refractivity contribution is 6.15. The van der Waals surface area contributed by atoms with Gasteiger partial charge in [0.2, 0.25) is 0 Å². The third-order valence-corrected chi connectivity index (χ3v) is 6.18. The molecule has 0 bridgehead atoms. The molecule has 0 atom stereocenters. The van der Waals surface area contributed by atoms with E-state index in [1.807, 2.05) is 0 Å². The number of non-ortho nitro benzene ring substituents is 1. The molecule has 0 amide bonds.